The lowest BCUT2D eigenvalue weighted by Crippen LogP contribution is -2.32. The molecule has 0 aliphatic rings. The third-order valence-corrected chi connectivity index (χ3v) is 5.41. The molecule has 11 nitrogen and oxygen atoms in total. The number of amides is 1. The van der Waals surface area contributed by atoms with Crippen LogP contribution < -0.4 is 15.4 Å². The number of esters is 1. The molecule has 2 aromatic carbocycles. The number of nitrogens with zero attached hydrogens (tertiary/aromatic N) is 1. The van der Waals surface area contributed by atoms with Crippen molar-refractivity contribution in [1.82, 2.24) is 4.72 Å². The number of anilines is 2. The Balaban J connectivity index is 1.89. The summed E-state index contributed by atoms with van der Waals surface area (Å²) >= 11 is 0. The number of carbonyl (C=O) groups is 2. The fourth-order valence-corrected chi connectivity index (χ4v) is 3.40. The summed E-state index contributed by atoms with van der Waals surface area (Å²) in [6.45, 7) is -1.71. The number of halogens is 3. The van der Waals surface area contributed by atoms with Gasteiger partial charge < -0.3 is 15.4 Å². The van der Waals surface area contributed by atoms with Gasteiger partial charge in [-0.3, -0.25) is 19.7 Å². The number of carbonyl (C=O) groups excluding carboxylic acids is 2. The van der Waals surface area contributed by atoms with Gasteiger partial charge in [0.05, 0.1) is 15.4 Å². The normalized spacial score (nSPS) is 11.5. The first-order valence-electron chi connectivity index (χ1n) is 8.92. The minimum Gasteiger partial charge on any atom is -0.455 e. The number of alkyl halides is 3. The van der Waals surface area contributed by atoms with Gasteiger partial charge in [-0.2, -0.15) is 17.9 Å². The average molecular weight is 490 g/mol. The van der Waals surface area contributed by atoms with Crippen molar-refractivity contribution in [3.63, 3.8) is 0 Å². The van der Waals surface area contributed by atoms with E-state index in [1.165, 1.54) is 13.1 Å². The Bertz CT molecular complexity index is 1150. The van der Waals surface area contributed by atoms with E-state index in [1.807, 2.05) is 4.72 Å². The molecule has 0 fully saturated rings. The van der Waals surface area contributed by atoms with Crippen molar-refractivity contribution < 1.29 is 40.8 Å². The Kier molecular flexibility index (Phi) is 7.94. The van der Waals surface area contributed by atoms with E-state index < -0.39 is 62.3 Å². The summed E-state index contributed by atoms with van der Waals surface area (Å²) in [6, 6.07) is 6.59. The number of rotatable bonds is 9. The van der Waals surface area contributed by atoms with Crippen LogP contribution in [0, 0.1) is 10.1 Å². The molecule has 0 bridgehead atoms. The summed E-state index contributed by atoms with van der Waals surface area (Å²) in [4.78, 5) is 33.3. The number of sulfonamides is 1. The lowest BCUT2D eigenvalue weighted by atomic mass is 10.2. The van der Waals surface area contributed by atoms with E-state index in [0.717, 1.165) is 36.4 Å². The van der Waals surface area contributed by atoms with Gasteiger partial charge in [-0.25, -0.2) is 8.42 Å². The second-order valence-electron chi connectivity index (χ2n) is 6.29. The fourth-order valence-electron chi connectivity index (χ4n) is 2.42. The highest BCUT2D eigenvalue weighted by Crippen LogP contribution is 2.30. The van der Waals surface area contributed by atoms with Crippen LogP contribution in [0.25, 0.3) is 0 Å². The zero-order valence-electron chi connectivity index (χ0n) is 16.8. The average Bonchev–Trinajstić information content (AvgIpc) is 2.75. The first-order chi connectivity index (χ1) is 15.3. The number of benzene rings is 2. The van der Waals surface area contributed by atoms with Crippen LogP contribution >= 0.6 is 0 Å². The molecular formula is C18H17F3N4O7S. The van der Waals surface area contributed by atoms with Crippen LogP contribution in [0.3, 0.4) is 0 Å². The quantitative estimate of drug-likeness (QED) is 0.274. The number of nitro benzene ring substituents is 1. The van der Waals surface area contributed by atoms with Crippen molar-refractivity contribution in [2.75, 3.05) is 30.8 Å². The Morgan fingerprint density at radius 1 is 1.12 bits per heavy atom. The number of hydrogen-bond donors (Lipinski definition) is 3. The predicted octanol–water partition coefficient (Wildman–Crippen LogP) is 2.12. The zero-order chi connectivity index (χ0) is 24.8. The van der Waals surface area contributed by atoms with Crippen molar-refractivity contribution in [3.05, 3.63) is 58.1 Å². The third kappa shape index (κ3) is 7.15. The van der Waals surface area contributed by atoms with Crippen molar-refractivity contribution >= 4 is 39.0 Å². The van der Waals surface area contributed by atoms with E-state index in [1.54, 1.807) is 0 Å². The molecule has 0 aliphatic heterocycles. The summed E-state index contributed by atoms with van der Waals surface area (Å²) in [5.41, 5.74) is -1.30. The van der Waals surface area contributed by atoms with Crippen LogP contribution in [0.5, 0.6) is 0 Å². The maximum atomic E-state index is 12.5. The number of nitro groups is 1. The molecule has 2 rings (SSSR count). The van der Waals surface area contributed by atoms with Crippen LogP contribution in [-0.4, -0.2) is 45.4 Å². The molecule has 1 amide bonds. The predicted molar refractivity (Wildman–Crippen MR) is 109 cm³/mol. The van der Waals surface area contributed by atoms with E-state index >= 15 is 0 Å². The van der Waals surface area contributed by atoms with Gasteiger partial charge >= 0.3 is 12.1 Å². The number of nitrogens with one attached hydrogen (secondary N) is 3. The van der Waals surface area contributed by atoms with Gasteiger partial charge in [-0.05, 0) is 36.4 Å². The van der Waals surface area contributed by atoms with Crippen LogP contribution in [0.4, 0.5) is 30.2 Å². The topological polar surface area (TPSA) is 157 Å². The summed E-state index contributed by atoms with van der Waals surface area (Å²) in [5, 5.41) is 15.8. The molecule has 0 saturated carbocycles. The van der Waals surface area contributed by atoms with Crippen molar-refractivity contribution in [1.29, 1.82) is 0 Å². The Morgan fingerprint density at radius 3 is 2.30 bits per heavy atom. The van der Waals surface area contributed by atoms with Crippen LogP contribution in [-0.2, 0) is 30.5 Å². The first kappa shape index (κ1) is 25.5. The van der Waals surface area contributed by atoms with E-state index in [0.29, 0.717) is 0 Å². The molecule has 0 heterocycles. The molecule has 0 radical (unpaired) electrons. The van der Waals surface area contributed by atoms with Gasteiger partial charge in [0, 0.05) is 18.8 Å². The molecular weight excluding hydrogens is 473 g/mol. The molecule has 0 unspecified atom stereocenters. The maximum absolute atomic E-state index is 12.5. The van der Waals surface area contributed by atoms with Gasteiger partial charge in [0.1, 0.15) is 12.2 Å². The standard InChI is InChI=1S/C18H17F3N4O7S/c1-22-14-7-6-13(8-15(14)25(28)29)33(30,31)23-9-17(27)32-10-16(26)24-12-4-2-11(3-5-12)18(19,20)21/h2-8,22-23H,9-10H2,1H3,(H,24,26). The molecule has 0 aromatic heterocycles. The van der Waals surface area contributed by atoms with E-state index in [9.17, 15) is 41.3 Å². The highest BCUT2D eigenvalue weighted by atomic mass is 32.2. The molecule has 0 spiro atoms. The minimum atomic E-state index is -4.54. The lowest BCUT2D eigenvalue weighted by Gasteiger charge is -2.10. The molecule has 0 saturated heterocycles. The second-order valence-corrected chi connectivity index (χ2v) is 8.06. The van der Waals surface area contributed by atoms with Crippen LogP contribution in [0.2, 0.25) is 0 Å². The highest BCUT2D eigenvalue weighted by molar-refractivity contribution is 7.89. The number of ether oxygens (including phenoxy) is 1. The monoisotopic (exact) mass is 490 g/mol. The minimum absolute atomic E-state index is 0.0244. The van der Waals surface area contributed by atoms with E-state index in [4.69, 9.17) is 0 Å². The van der Waals surface area contributed by atoms with Gasteiger partial charge in [0.15, 0.2) is 6.61 Å². The van der Waals surface area contributed by atoms with Gasteiger partial charge in [-0.1, -0.05) is 0 Å². The molecule has 2 aromatic rings. The van der Waals surface area contributed by atoms with Crippen molar-refractivity contribution in [3.8, 4) is 0 Å². The molecule has 0 atom stereocenters. The van der Waals surface area contributed by atoms with Crippen molar-refractivity contribution in [2.45, 2.75) is 11.1 Å². The van der Waals surface area contributed by atoms with Crippen LogP contribution in [0.15, 0.2) is 47.4 Å². The molecule has 33 heavy (non-hydrogen) atoms. The van der Waals surface area contributed by atoms with Crippen LogP contribution in [0.1, 0.15) is 5.56 Å². The molecule has 178 valence electrons. The van der Waals surface area contributed by atoms with E-state index in [-0.39, 0.29) is 11.4 Å². The van der Waals surface area contributed by atoms with Crippen molar-refractivity contribution in [2.24, 2.45) is 0 Å². The smallest absolute Gasteiger partial charge is 0.416 e. The van der Waals surface area contributed by atoms with Gasteiger partial charge in [0.2, 0.25) is 10.0 Å². The second kappa shape index (κ2) is 10.3. The SMILES string of the molecule is CNc1ccc(S(=O)(=O)NCC(=O)OCC(=O)Nc2ccc(C(F)(F)F)cc2)cc1[N+](=O)[O-]. The molecule has 0 aliphatic carbocycles. The highest BCUT2D eigenvalue weighted by Gasteiger charge is 2.30. The lowest BCUT2D eigenvalue weighted by molar-refractivity contribution is -0.384. The number of hydrogen-bond acceptors (Lipinski definition) is 8. The zero-order valence-corrected chi connectivity index (χ0v) is 17.6. The first-order valence-corrected chi connectivity index (χ1v) is 10.4. The summed E-state index contributed by atoms with van der Waals surface area (Å²) in [6.07, 6.45) is -4.54. The largest absolute Gasteiger partial charge is 0.455 e. The third-order valence-electron chi connectivity index (χ3n) is 4.01. The Hall–Kier alpha value is -3.72. The fraction of sp³-hybridized carbons (Fsp3) is 0.222. The Labute approximate surface area is 185 Å². The van der Waals surface area contributed by atoms with E-state index in [2.05, 4.69) is 15.4 Å². The van der Waals surface area contributed by atoms with Gasteiger partial charge in [-0.15, -0.1) is 0 Å². The maximum Gasteiger partial charge on any atom is 0.416 e. The summed E-state index contributed by atoms with van der Waals surface area (Å²) in [7, 11) is -2.90. The summed E-state index contributed by atoms with van der Waals surface area (Å²) < 4.78 is 68.6. The summed E-state index contributed by atoms with van der Waals surface area (Å²) in [5.74, 6) is -2.01. The van der Waals surface area contributed by atoms with Gasteiger partial charge in [0.25, 0.3) is 11.6 Å². The molecule has 15 heteroatoms. The Morgan fingerprint density at radius 2 is 1.76 bits per heavy atom. The molecule has 3 N–H and O–H groups in total.